The Bertz CT molecular complexity index is 846. The highest BCUT2D eigenvalue weighted by atomic mass is 16.3. The van der Waals surface area contributed by atoms with Crippen molar-refractivity contribution in [1.29, 1.82) is 0 Å². The Labute approximate surface area is 165 Å². The lowest BCUT2D eigenvalue weighted by Gasteiger charge is -2.55. The largest absolute Gasteiger partial charge is 0.394 e. The maximum absolute atomic E-state index is 12.7. The fourth-order valence-electron chi connectivity index (χ4n) is 4.26. The lowest BCUT2D eigenvalue weighted by molar-refractivity contribution is -0.152. The Hall–Kier alpha value is -2.66. The van der Waals surface area contributed by atoms with E-state index >= 15 is 0 Å². The summed E-state index contributed by atoms with van der Waals surface area (Å²) in [5.41, 5.74) is 3.38. The van der Waals surface area contributed by atoms with Gasteiger partial charge in [0.05, 0.1) is 18.7 Å². The Balaban J connectivity index is 1.58. The molecule has 0 aromatic heterocycles. The second-order valence-electron chi connectivity index (χ2n) is 7.79. The number of aliphatic hydroxyl groups is 1. The Kier molecular flexibility index (Phi) is 5.18. The Morgan fingerprint density at radius 1 is 1.00 bits per heavy atom. The summed E-state index contributed by atoms with van der Waals surface area (Å²) in [4.78, 5) is 26.0. The topological polar surface area (TPSA) is 69.6 Å². The van der Waals surface area contributed by atoms with Crippen molar-refractivity contribution in [3.63, 3.8) is 0 Å². The number of amides is 2. The third-order valence-electron chi connectivity index (χ3n) is 5.87. The Morgan fingerprint density at radius 2 is 1.64 bits per heavy atom. The molecule has 3 atom stereocenters. The molecular weight excluding hydrogens is 352 g/mol. The zero-order chi connectivity index (χ0) is 19.7. The van der Waals surface area contributed by atoms with Crippen LogP contribution < -0.4 is 5.32 Å². The van der Waals surface area contributed by atoms with Crippen molar-refractivity contribution in [2.75, 3.05) is 13.2 Å². The fraction of sp³-hybridized carbons (Fsp3) is 0.391. The van der Waals surface area contributed by atoms with Gasteiger partial charge in [0.2, 0.25) is 11.8 Å². The van der Waals surface area contributed by atoms with Crippen LogP contribution in [0.3, 0.4) is 0 Å². The highest BCUT2D eigenvalue weighted by Gasteiger charge is 2.53. The van der Waals surface area contributed by atoms with Crippen molar-refractivity contribution in [2.45, 2.75) is 37.8 Å². The molecule has 1 aliphatic heterocycles. The van der Waals surface area contributed by atoms with Gasteiger partial charge in [0.15, 0.2) is 0 Å². The quantitative estimate of drug-likeness (QED) is 0.812. The van der Waals surface area contributed by atoms with Crippen molar-refractivity contribution in [3.8, 4) is 11.1 Å². The maximum Gasteiger partial charge on any atom is 0.226 e. The number of hydrogen-bond donors (Lipinski definition) is 2. The van der Waals surface area contributed by atoms with E-state index in [2.05, 4.69) is 41.7 Å². The van der Waals surface area contributed by atoms with Crippen molar-refractivity contribution < 1.29 is 14.7 Å². The number of benzene rings is 2. The second kappa shape index (κ2) is 7.76. The first kappa shape index (κ1) is 18.7. The SMILES string of the molecule is CC(=O)NC[C@H]1[C@@H](c2ccc(-c3ccccc3)cc2)[C@H](CO)N1C(=O)C1CC1. The van der Waals surface area contributed by atoms with E-state index in [-0.39, 0.29) is 42.3 Å². The van der Waals surface area contributed by atoms with Crippen LogP contribution in [0.1, 0.15) is 31.2 Å². The molecule has 5 heteroatoms. The van der Waals surface area contributed by atoms with Gasteiger partial charge in [-0.1, -0.05) is 54.6 Å². The van der Waals surface area contributed by atoms with Gasteiger partial charge < -0.3 is 15.3 Å². The third kappa shape index (κ3) is 3.54. The van der Waals surface area contributed by atoms with E-state index in [4.69, 9.17) is 0 Å². The van der Waals surface area contributed by atoms with Gasteiger partial charge in [-0.25, -0.2) is 0 Å². The van der Waals surface area contributed by atoms with Gasteiger partial charge in [-0.3, -0.25) is 9.59 Å². The minimum atomic E-state index is -0.227. The number of likely N-dealkylation sites (tertiary alicyclic amines) is 1. The molecule has 2 aliphatic rings. The highest BCUT2D eigenvalue weighted by molar-refractivity contribution is 5.83. The summed E-state index contributed by atoms with van der Waals surface area (Å²) < 4.78 is 0. The van der Waals surface area contributed by atoms with E-state index in [0.29, 0.717) is 6.54 Å². The number of carbonyl (C=O) groups excluding carboxylic acids is 2. The molecule has 1 aliphatic carbocycles. The highest BCUT2D eigenvalue weighted by Crippen LogP contribution is 2.44. The molecule has 1 heterocycles. The standard InChI is InChI=1S/C23H26N2O3/c1-15(27)24-13-20-22(21(14-26)25(20)23(28)19-11-12-19)18-9-7-17(8-10-18)16-5-3-2-4-6-16/h2-10,19-22,26H,11-14H2,1H3,(H,24,27)/t20-,21-,22+/m0/s1. The Morgan fingerprint density at radius 3 is 2.21 bits per heavy atom. The van der Waals surface area contributed by atoms with Gasteiger partial charge in [-0.2, -0.15) is 0 Å². The van der Waals surface area contributed by atoms with Gasteiger partial charge >= 0.3 is 0 Å². The predicted molar refractivity (Wildman–Crippen MR) is 108 cm³/mol. The molecule has 0 bridgehead atoms. The second-order valence-corrected chi connectivity index (χ2v) is 7.79. The minimum Gasteiger partial charge on any atom is -0.394 e. The van der Waals surface area contributed by atoms with Crippen LogP contribution in [0, 0.1) is 5.92 Å². The molecular formula is C23H26N2O3. The summed E-state index contributed by atoms with van der Waals surface area (Å²) in [5.74, 6) is 0.121. The van der Waals surface area contributed by atoms with Crippen LogP contribution in [-0.4, -0.2) is 47.1 Å². The lowest BCUT2D eigenvalue weighted by Crippen LogP contribution is -2.68. The number of nitrogens with zero attached hydrogens (tertiary/aromatic N) is 1. The van der Waals surface area contributed by atoms with Crippen molar-refractivity contribution in [3.05, 3.63) is 60.2 Å². The number of hydrogen-bond acceptors (Lipinski definition) is 3. The molecule has 1 saturated carbocycles. The number of nitrogens with one attached hydrogen (secondary N) is 1. The van der Waals surface area contributed by atoms with Gasteiger partial charge in [0, 0.05) is 25.3 Å². The van der Waals surface area contributed by atoms with E-state index in [0.717, 1.165) is 29.5 Å². The average Bonchev–Trinajstić information content (AvgIpc) is 3.54. The normalized spacial score (nSPS) is 23.8. The first-order valence-electron chi connectivity index (χ1n) is 9.93. The molecule has 2 fully saturated rings. The summed E-state index contributed by atoms with van der Waals surface area (Å²) in [5, 5.41) is 12.8. The molecule has 2 N–H and O–H groups in total. The number of carbonyl (C=O) groups is 2. The first-order chi connectivity index (χ1) is 13.6. The molecule has 0 spiro atoms. The summed E-state index contributed by atoms with van der Waals surface area (Å²) in [6.07, 6.45) is 1.85. The molecule has 1 saturated heterocycles. The summed E-state index contributed by atoms with van der Waals surface area (Å²) in [7, 11) is 0. The zero-order valence-corrected chi connectivity index (χ0v) is 16.0. The molecule has 2 amide bonds. The average molecular weight is 378 g/mol. The fourth-order valence-corrected chi connectivity index (χ4v) is 4.26. The van der Waals surface area contributed by atoms with Crippen molar-refractivity contribution in [1.82, 2.24) is 10.2 Å². The van der Waals surface area contributed by atoms with Crippen LogP contribution in [0.2, 0.25) is 0 Å². The van der Waals surface area contributed by atoms with Gasteiger partial charge in [0.25, 0.3) is 0 Å². The van der Waals surface area contributed by atoms with Crippen LogP contribution >= 0.6 is 0 Å². The molecule has 0 radical (unpaired) electrons. The van der Waals surface area contributed by atoms with Crippen LogP contribution in [0.4, 0.5) is 0 Å². The number of aliphatic hydroxyl groups excluding tert-OH is 1. The molecule has 28 heavy (non-hydrogen) atoms. The van der Waals surface area contributed by atoms with E-state index in [9.17, 15) is 14.7 Å². The van der Waals surface area contributed by atoms with Crippen molar-refractivity contribution in [2.24, 2.45) is 5.92 Å². The molecule has 0 unspecified atom stereocenters. The summed E-state index contributed by atoms with van der Waals surface area (Å²) >= 11 is 0. The van der Waals surface area contributed by atoms with Crippen LogP contribution in [0.5, 0.6) is 0 Å². The predicted octanol–water partition coefficient (Wildman–Crippen LogP) is 2.56. The van der Waals surface area contributed by atoms with Crippen LogP contribution in [-0.2, 0) is 9.59 Å². The third-order valence-corrected chi connectivity index (χ3v) is 5.87. The van der Waals surface area contributed by atoms with Gasteiger partial charge in [-0.05, 0) is 29.5 Å². The molecule has 5 nitrogen and oxygen atoms in total. The van der Waals surface area contributed by atoms with Crippen molar-refractivity contribution >= 4 is 11.8 Å². The van der Waals surface area contributed by atoms with E-state index in [1.54, 1.807) is 0 Å². The molecule has 4 rings (SSSR count). The molecule has 2 aromatic carbocycles. The zero-order valence-electron chi connectivity index (χ0n) is 16.0. The summed E-state index contributed by atoms with van der Waals surface area (Å²) in [6.45, 7) is 1.83. The van der Waals surface area contributed by atoms with E-state index in [1.807, 2.05) is 23.1 Å². The van der Waals surface area contributed by atoms with Gasteiger partial charge in [0.1, 0.15) is 0 Å². The summed E-state index contributed by atoms with van der Waals surface area (Å²) in [6, 6.07) is 18.2. The number of rotatable bonds is 6. The smallest absolute Gasteiger partial charge is 0.226 e. The monoisotopic (exact) mass is 378 g/mol. The van der Waals surface area contributed by atoms with E-state index < -0.39 is 0 Å². The minimum absolute atomic E-state index is 0.0179. The van der Waals surface area contributed by atoms with Crippen LogP contribution in [0.15, 0.2) is 54.6 Å². The van der Waals surface area contributed by atoms with Gasteiger partial charge in [-0.15, -0.1) is 0 Å². The van der Waals surface area contributed by atoms with E-state index in [1.165, 1.54) is 6.92 Å². The molecule has 146 valence electrons. The maximum atomic E-state index is 12.7. The van der Waals surface area contributed by atoms with Crippen LogP contribution in [0.25, 0.3) is 11.1 Å². The first-order valence-corrected chi connectivity index (χ1v) is 9.93. The molecule has 2 aromatic rings. The lowest BCUT2D eigenvalue weighted by atomic mass is 9.74.